The monoisotopic (exact) mass is 321 g/mol. The first kappa shape index (κ1) is 16.6. The number of thiazole rings is 1. The van der Waals surface area contributed by atoms with Crippen LogP contribution in [0, 0.1) is 6.92 Å². The maximum absolute atomic E-state index is 12.4. The van der Waals surface area contributed by atoms with E-state index in [2.05, 4.69) is 15.4 Å². The van der Waals surface area contributed by atoms with Crippen molar-refractivity contribution < 1.29 is 4.79 Å². The molecule has 0 aliphatic heterocycles. The first-order valence-corrected chi connectivity index (χ1v) is 8.23. The Bertz CT molecular complexity index is 657. The molecule has 6 nitrogen and oxygen atoms in total. The first-order chi connectivity index (χ1) is 10.4. The van der Waals surface area contributed by atoms with Gasteiger partial charge in [0.2, 0.25) is 0 Å². The molecule has 22 heavy (non-hydrogen) atoms. The first-order valence-electron chi connectivity index (χ1n) is 7.42. The number of hydrogen-bond donors (Lipinski definition) is 2. The third kappa shape index (κ3) is 3.53. The molecular weight excluding hydrogens is 298 g/mol. The Morgan fingerprint density at radius 2 is 2.14 bits per heavy atom. The molecule has 0 aliphatic rings. The zero-order valence-corrected chi connectivity index (χ0v) is 14.3. The van der Waals surface area contributed by atoms with Gasteiger partial charge in [0.1, 0.15) is 9.88 Å². The molecule has 0 fully saturated rings. The molecule has 0 radical (unpaired) electrons. The molecule has 0 aromatic carbocycles. The fourth-order valence-electron chi connectivity index (χ4n) is 2.10. The number of carbonyl (C=O) groups is 1. The number of aryl methyl sites for hydroxylation is 2. The van der Waals surface area contributed by atoms with Gasteiger partial charge in [-0.2, -0.15) is 5.10 Å². The summed E-state index contributed by atoms with van der Waals surface area (Å²) in [6.07, 6.45) is 5.29. The normalized spacial score (nSPS) is 11.7. The van der Waals surface area contributed by atoms with Crippen LogP contribution in [0.2, 0.25) is 0 Å². The van der Waals surface area contributed by atoms with E-state index in [0.29, 0.717) is 11.4 Å². The molecule has 2 aromatic heterocycles. The standard InChI is InChI=1S/C15H23N5OS/c1-5-15(16,6-2)9-17-13(21)12-10(3)19-14(22-12)11-7-18-20(4)8-11/h7-8H,5-6,9,16H2,1-4H3,(H,17,21). The predicted octanol–water partition coefficient (Wildman–Crippen LogP) is 2.10. The fourth-order valence-corrected chi connectivity index (χ4v) is 3.06. The highest BCUT2D eigenvalue weighted by molar-refractivity contribution is 7.17. The van der Waals surface area contributed by atoms with Crippen molar-refractivity contribution >= 4 is 17.2 Å². The molecule has 7 heteroatoms. The summed E-state index contributed by atoms with van der Waals surface area (Å²) in [5.74, 6) is -0.109. The summed E-state index contributed by atoms with van der Waals surface area (Å²) < 4.78 is 1.72. The number of nitrogens with one attached hydrogen (secondary N) is 1. The van der Waals surface area contributed by atoms with Crippen molar-refractivity contribution in [2.45, 2.75) is 39.2 Å². The van der Waals surface area contributed by atoms with Crippen molar-refractivity contribution in [2.24, 2.45) is 12.8 Å². The zero-order valence-electron chi connectivity index (χ0n) is 13.5. The van der Waals surface area contributed by atoms with Crippen molar-refractivity contribution in [3.05, 3.63) is 23.0 Å². The highest BCUT2D eigenvalue weighted by Crippen LogP contribution is 2.27. The van der Waals surface area contributed by atoms with Crippen LogP contribution in [0.4, 0.5) is 0 Å². The van der Waals surface area contributed by atoms with Gasteiger partial charge in [-0.15, -0.1) is 11.3 Å². The summed E-state index contributed by atoms with van der Waals surface area (Å²) in [7, 11) is 1.86. The van der Waals surface area contributed by atoms with Crippen LogP contribution in [0.3, 0.4) is 0 Å². The molecule has 2 rings (SSSR count). The molecule has 0 saturated heterocycles. The second-order valence-corrected chi connectivity index (χ2v) is 6.59. The molecule has 0 bridgehead atoms. The van der Waals surface area contributed by atoms with Gasteiger partial charge in [0.25, 0.3) is 5.91 Å². The van der Waals surface area contributed by atoms with Crippen LogP contribution >= 0.6 is 11.3 Å². The molecule has 0 saturated carbocycles. The Hall–Kier alpha value is -1.73. The quantitative estimate of drug-likeness (QED) is 0.853. The smallest absolute Gasteiger partial charge is 0.263 e. The number of nitrogens with two attached hydrogens (primary N) is 1. The Morgan fingerprint density at radius 3 is 2.68 bits per heavy atom. The lowest BCUT2D eigenvalue weighted by molar-refractivity contribution is 0.0945. The second kappa shape index (κ2) is 6.58. The lowest BCUT2D eigenvalue weighted by Crippen LogP contribution is -2.49. The molecule has 120 valence electrons. The van der Waals surface area contributed by atoms with Gasteiger partial charge >= 0.3 is 0 Å². The molecule has 0 spiro atoms. The van der Waals surface area contributed by atoms with Crippen molar-refractivity contribution in [2.75, 3.05) is 6.54 Å². The summed E-state index contributed by atoms with van der Waals surface area (Å²) in [6.45, 7) is 6.39. The summed E-state index contributed by atoms with van der Waals surface area (Å²) in [6, 6.07) is 0. The summed E-state index contributed by atoms with van der Waals surface area (Å²) in [5.41, 5.74) is 7.53. The number of hydrogen-bond acceptors (Lipinski definition) is 5. The summed E-state index contributed by atoms with van der Waals surface area (Å²) in [4.78, 5) is 17.5. The highest BCUT2D eigenvalue weighted by Gasteiger charge is 2.23. The molecule has 0 unspecified atom stereocenters. The van der Waals surface area contributed by atoms with Gasteiger partial charge in [-0.3, -0.25) is 9.48 Å². The van der Waals surface area contributed by atoms with E-state index in [0.717, 1.165) is 29.1 Å². The Morgan fingerprint density at radius 1 is 1.45 bits per heavy atom. The topological polar surface area (TPSA) is 85.8 Å². The Balaban J connectivity index is 2.12. The number of carbonyl (C=O) groups excluding carboxylic acids is 1. The molecule has 3 N–H and O–H groups in total. The SMILES string of the molecule is CCC(N)(CC)CNC(=O)c1sc(-c2cnn(C)c2)nc1C. The van der Waals surface area contributed by atoms with E-state index in [-0.39, 0.29) is 11.4 Å². The van der Waals surface area contributed by atoms with Crippen molar-refractivity contribution in [1.82, 2.24) is 20.1 Å². The van der Waals surface area contributed by atoms with E-state index in [4.69, 9.17) is 5.73 Å². The number of amides is 1. The average molecular weight is 321 g/mol. The zero-order chi connectivity index (χ0) is 16.3. The number of nitrogens with zero attached hydrogens (tertiary/aromatic N) is 3. The van der Waals surface area contributed by atoms with Crippen LogP contribution in [0.25, 0.3) is 10.6 Å². The van der Waals surface area contributed by atoms with E-state index in [1.165, 1.54) is 11.3 Å². The lowest BCUT2D eigenvalue weighted by atomic mass is 9.94. The third-order valence-electron chi connectivity index (χ3n) is 3.96. The largest absolute Gasteiger partial charge is 0.349 e. The van der Waals surface area contributed by atoms with Gasteiger partial charge in [-0.05, 0) is 19.8 Å². The van der Waals surface area contributed by atoms with E-state index in [9.17, 15) is 4.79 Å². The van der Waals surface area contributed by atoms with Crippen LogP contribution in [0.1, 0.15) is 42.1 Å². The van der Waals surface area contributed by atoms with Crippen molar-refractivity contribution in [3.63, 3.8) is 0 Å². The summed E-state index contributed by atoms with van der Waals surface area (Å²) in [5, 5.41) is 7.88. The van der Waals surface area contributed by atoms with Gasteiger partial charge in [0, 0.05) is 30.9 Å². The van der Waals surface area contributed by atoms with E-state index in [1.807, 2.05) is 34.0 Å². The molecule has 0 atom stereocenters. The van der Waals surface area contributed by atoms with E-state index in [1.54, 1.807) is 10.9 Å². The van der Waals surface area contributed by atoms with Crippen LogP contribution in [-0.2, 0) is 7.05 Å². The van der Waals surface area contributed by atoms with Gasteiger partial charge in [-0.25, -0.2) is 4.98 Å². The summed E-state index contributed by atoms with van der Waals surface area (Å²) >= 11 is 1.38. The lowest BCUT2D eigenvalue weighted by Gasteiger charge is -2.26. The molecular formula is C15H23N5OS. The van der Waals surface area contributed by atoms with Crippen LogP contribution in [-0.4, -0.2) is 32.8 Å². The van der Waals surface area contributed by atoms with Gasteiger partial charge in [0.15, 0.2) is 0 Å². The highest BCUT2D eigenvalue weighted by atomic mass is 32.1. The minimum absolute atomic E-state index is 0.109. The maximum Gasteiger partial charge on any atom is 0.263 e. The minimum atomic E-state index is -0.347. The van der Waals surface area contributed by atoms with Crippen LogP contribution in [0.5, 0.6) is 0 Å². The van der Waals surface area contributed by atoms with Crippen molar-refractivity contribution in [1.29, 1.82) is 0 Å². The Kier molecular flexibility index (Phi) is 4.97. The molecule has 0 aliphatic carbocycles. The molecule has 1 amide bonds. The molecule has 2 aromatic rings. The molecule has 2 heterocycles. The minimum Gasteiger partial charge on any atom is -0.349 e. The average Bonchev–Trinajstić information content (AvgIpc) is 3.10. The van der Waals surface area contributed by atoms with Crippen LogP contribution in [0.15, 0.2) is 12.4 Å². The maximum atomic E-state index is 12.4. The Labute approximate surface area is 134 Å². The van der Waals surface area contributed by atoms with E-state index >= 15 is 0 Å². The van der Waals surface area contributed by atoms with Crippen molar-refractivity contribution in [3.8, 4) is 10.6 Å². The fraction of sp³-hybridized carbons (Fsp3) is 0.533. The third-order valence-corrected chi connectivity index (χ3v) is 5.17. The number of rotatable bonds is 6. The van der Waals surface area contributed by atoms with Gasteiger partial charge in [-0.1, -0.05) is 13.8 Å². The number of aromatic nitrogens is 3. The van der Waals surface area contributed by atoms with Gasteiger partial charge < -0.3 is 11.1 Å². The van der Waals surface area contributed by atoms with E-state index < -0.39 is 0 Å². The van der Waals surface area contributed by atoms with Crippen LogP contribution < -0.4 is 11.1 Å². The van der Waals surface area contributed by atoms with Gasteiger partial charge in [0.05, 0.1) is 11.9 Å². The predicted molar refractivity (Wildman–Crippen MR) is 88.9 cm³/mol. The second-order valence-electron chi connectivity index (χ2n) is 5.59.